The maximum Gasteiger partial charge on any atom is 0.231 e. The van der Waals surface area contributed by atoms with Crippen molar-refractivity contribution in [1.82, 2.24) is 0 Å². The molecule has 0 aliphatic heterocycles. The molecule has 1 aliphatic rings. The molecule has 1 aromatic carbocycles. The van der Waals surface area contributed by atoms with Crippen molar-refractivity contribution in [3.8, 4) is 0 Å². The predicted molar refractivity (Wildman–Crippen MR) is 69.7 cm³/mol. The van der Waals surface area contributed by atoms with Crippen molar-refractivity contribution >= 4 is 11.6 Å². The highest BCUT2D eigenvalue weighted by Gasteiger charge is 2.22. The number of nitrogens with two attached hydrogens (primary N) is 1. The number of amides is 1. The molecule has 0 aromatic heterocycles. The molecular formula is C14H18N2O. The van der Waals surface area contributed by atoms with E-state index in [4.69, 9.17) is 5.73 Å². The molecule has 2 atom stereocenters. The van der Waals surface area contributed by atoms with E-state index < -0.39 is 0 Å². The molecule has 3 nitrogen and oxygen atoms in total. The molecule has 0 heterocycles. The van der Waals surface area contributed by atoms with Crippen molar-refractivity contribution in [2.45, 2.75) is 25.8 Å². The lowest BCUT2D eigenvalue weighted by atomic mass is 10.1. The normalized spacial score (nSPS) is 22.7. The topological polar surface area (TPSA) is 55.1 Å². The SMILES string of the molecule is CCc1ccc(NC(=O)C2C=CC(N)C2)cc1. The summed E-state index contributed by atoms with van der Waals surface area (Å²) in [4.78, 5) is 11.9. The van der Waals surface area contributed by atoms with Gasteiger partial charge in [-0.1, -0.05) is 31.2 Å². The van der Waals surface area contributed by atoms with Crippen LogP contribution in [0.1, 0.15) is 18.9 Å². The Morgan fingerprint density at radius 1 is 1.35 bits per heavy atom. The summed E-state index contributed by atoms with van der Waals surface area (Å²) in [6.45, 7) is 2.11. The molecule has 3 N–H and O–H groups in total. The molecule has 0 radical (unpaired) electrons. The standard InChI is InChI=1S/C14H18N2O/c1-2-10-3-7-13(8-4-10)16-14(17)11-5-6-12(15)9-11/h3-8,11-12H,2,9,15H2,1H3,(H,16,17). The first-order valence-corrected chi connectivity index (χ1v) is 6.02. The molecule has 0 saturated heterocycles. The van der Waals surface area contributed by atoms with Gasteiger partial charge in [0, 0.05) is 11.7 Å². The van der Waals surface area contributed by atoms with Crippen LogP contribution in [0.5, 0.6) is 0 Å². The minimum absolute atomic E-state index is 0.0215. The Kier molecular flexibility index (Phi) is 3.59. The van der Waals surface area contributed by atoms with Gasteiger partial charge in [-0.25, -0.2) is 0 Å². The summed E-state index contributed by atoms with van der Waals surface area (Å²) in [5.41, 5.74) is 7.84. The predicted octanol–water partition coefficient (Wildman–Crippen LogP) is 2.09. The van der Waals surface area contributed by atoms with Gasteiger partial charge in [-0.05, 0) is 30.5 Å². The van der Waals surface area contributed by atoms with Crippen molar-refractivity contribution in [1.29, 1.82) is 0 Å². The molecule has 3 heteroatoms. The molecule has 1 amide bonds. The minimum Gasteiger partial charge on any atom is -0.326 e. The van der Waals surface area contributed by atoms with Gasteiger partial charge in [-0.2, -0.15) is 0 Å². The summed E-state index contributed by atoms with van der Waals surface area (Å²) in [5.74, 6) is -0.0608. The van der Waals surface area contributed by atoms with E-state index in [2.05, 4.69) is 12.2 Å². The van der Waals surface area contributed by atoms with Crippen molar-refractivity contribution < 1.29 is 4.79 Å². The van der Waals surface area contributed by atoms with Crippen LogP contribution in [-0.4, -0.2) is 11.9 Å². The maximum atomic E-state index is 11.9. The molecule has 1 aromatic rings. The molecule has 0 saturated carbocycles. The molecule has 17 heavy (non-hydrogen) atoms. The average Bonchev–Trinajstić information content (AvgIpc) is 2.77. The van der Waals surface area contributed by atoms with Crippen molar-refractivity contribution in [3.63, 3.8) is 0 Å². The Balaban J connectivity index is 1.96. The molecule has 0 fully saturated rings. The van der Waals surface area contributed by atoms with E-state index in [1.54, 1.807) is 0 Å². The summed E-state index contributed by atoms with van der Waals surface area (Å²) in [5, 5.41) is 2.91. The molecular weight excluding hydrogens is 212 g/mol. The molecule has 2 unspecified atom stereocenters. The third kappa shape index (κ3) is 2.94. The van der Waals surface area contributed by atoms with E-state index in [0.717, 1.165) is 12.1 Å². The first-order chi connectivity index (χ1) is 8.19. The van der Waals surface area contributed by atoms with E-state index in [-0.39, 0.29) is 17.9 Å². The smallest absolute Gasteiger partial charge is 0.231 e. The Labute approximate surface area is 102 Å². The highest BCUT2D eigenvalue weighted by atomic mass is 16.1. The number of carbonyl (C=O) groups is 1. The Morgan fingerprint density at radius 2 is 2.06 bits per heavy atom. The molecule has 1 aliphatic carbocycles. The summed E-state index contributed by atoms with van der Waals surface area (Å²) >= 11 is 0. The van der Waals surface area contributed by atoms with Crippen LogP contribution >= 0.6 is 0 Å². The fourth-order valence-corrected chi connectivity index (χ4v) is 1.98. The maximum absolute atomic E-state index is 11.9. The zero-order chi connectivity index (χ0) is 12.3. The van der Waals surface area contributed by atoms with Gasteiger partial charge in [-0.15, -0.1) is 0 Å². The highest BCUT2D eigenvalue weighted by molar-refractivity contribution is 5.94. The number of nitrogens with one attached hydrogen (secondary N) is 1. The lowest BCUT2D eigenvalue weighted by Gasteiger charge is -2.10. The van der Waals surface area contributed by atoms with Crippen molar-refractivity contribution in [2.75, 3.05) is 5.32 Å². The van der Waals surface area contributed by atoms with Gasteiger partial charge in [0.1, 0.15) is 0 Å². The Bertz CT molecular complexity index is 422. The van der Waals surface area contributed by atoms with Crippen LogP contribution in [0.2, 0.25) is 0 Å². The van der Waals surface area contributed by atoms with Gasteiger partial charge >= 0.3 is 0 Å². The minimum atomic E-state index is -0.0872. The summed E-state index contributed by atoms with van der Waals surface area (Å²) in [7, 11) is 0. The monoisotopic (exact) mass is 230 g/mol. The van der Waals surface area contributed by atoms with Crippen LogP contribution in [0.4, 0.5) is 5.69 Å². The van der Waals surface area contributed by atoms with E-state index >= 15 is 0 Å². The number of aryl methyl sites for hydroxylation is 1. The van der Waals surface area contributed by atoms with Crippen molar-refractivity contribution in [3.05, 3.63) is 42.0 Å². The number of carbonyl (C=O) groups excluding carboxylic acids is 1. The van der Waals surface area contributed by atoms with E-state index in [0.29, 0.717) is 6.42 Å². The van der Waals surface area contributed by atoms with Gasteiger partial charge in [0.25, 0.3) is 0 Å². The van der Waals surface area contributed by atoms with E-state index in [1.165, 1.54) is 5.56 Å². The molecule has 0 spiro atoms. The lowest BCUT2D eigenvalue weighted by molar-refractivity contribution is -0.118. The van der Waals surface area contributed by atoms with Gasteiger partial charge in [0.15, 0.2) is 0 Å². The van der Waals surface area contributed by atoms with Crippen LogP contribution in [0, 0.1) is 5.92 Å². The second-order valence-corrected chi connectivity index (χ2v) is 4.43. The zero-order valence-electron chi connectivity index (χ0n) is 10.0. The summed E-state index contributed by atoms with van der Waals surface area (Å²) < 4.78 is 0. The van der Waals surface area contributed by atoms with Gasteiger partial charge in [0.2, 0.25) is 5.91 Å². The first kappa shape index (κ1) is 11.9. The zero-order valence-corrected chi connectivity index (χ0v) is 10.0. The second-order valence-electron chi connectivity index (χ2n) is 4.43. The van der Waals surface area contributed by atoms with Gasteiger partial charge in [0.05, 0.1) is 5.92 Å². The van der Waals surface area contributed by atoms with Gasteiger partial charge in [-0.3, -0.25) is 4.79 Å². The van der Waals surface area contributed by atoms with Crippen LogP contribution in [0.15, 0.2) is 36.4 Å². The van der Waals surface area contributed by atoms with Crippen LogP contribution < -0.4 is 11.1 Å². The van der Waals surface area contributed by atoms with E-state index in [1.807, 2.05) is 36.4 Å². The van der Waals surface area contributed by atoms with Crippen LogP contribution in [-0.2, 0) is 11.2 Å². The molecule has 90 valence electrons. The average molecular weight is 230 g/mol. The number of hydrogen-bond donors (Lipinski definition) is 2. The fourth-order valence-electron chi connectivity index (χ4n) is 1.98. The third-order valence-corrected chi connectivity index (χ3v) is 3.08. The highest BCUT2D eigenvalue weighted by Crippen LogP contribution is 2.19. The molecule has 0 bridgehead atoms. The fraction of sp³-hybridized carbons (Fsp3) is 0.357. The number of hydrogen-bond acceptors (Lipinski definition) is 2. The number of anilines is 1. The first-order valence-electron chi connectivity index (χ1n) is 6.02. The van der Waals surface area contributed by atoms with Crippen LogP contribution in [0.3, 0.4) is 0 Å². The number of rotatable bonds is 3. The Hall–Kier alpha value is -1.61. The largest absolute Gasteiger partial charge is 0.326 e. The Morgan fingerprint density at radius 3 is 2.59 bits per heavy atom. The van der Waals surface area contributed by atoms with Gasteiger partial charge < -0.3 is 11.1 Å². The second kappa shape index (κ2) is 5.15. The summed E-state index contributed by atoms with van der Waals surface area (Å²) in [6.07, 6.45) is 5.50. The van der Waals surface area contributed by atoms with E-state index in [9.17, 15) is 4.79 Å². The lowest BCUT2D eigenvalue weighted by Crippen LogP contribution is -2.23. The number of benzene rings is 1. The summed E-state index contributed by atoms with van der Waals surface area (Å²) in [6, 6.07) is 7.97. The van der Waals surface area contributed by atoms with Crippen LogP contribution in [0.25, 0.3) is 0 Å². The quantitative estimate of drug-likeness (QED) is 0.781. The third-order valence-electron chi connectivity index (χ3n) is 3.08. The van der Waals surface area contributed by atoms with Crippen molar-refractivity contribution in [2.24, 2.45) is 11.7 Å². The molecule has 2 rings (SSSR count).